The van der Waals surface area contributed by atoms with Crippen LogP contribution in [0.1, 0.15) is 39.5 Å². The molecule has 9 heteroatoms. The fourth-order valence-corrected chi connectivity index (χ4v) is 6.07. The van der Waals surface area contributed by atoms with Crippen LogP contribution in [0.25, 0.3) is 21.7 Å². The van der Waals surface area contributed by atoms with Crippen molar-refractivity contribution in [1.82, 2.24) is 15.3 Å². The maximum atomic E-state index is 13.7. The van der Waals surface area contributed by atoms with Gasteiger partial charge in [-0.05, 0) is 63.9 Å². The van der Waals surface area contributed by atoms with Gasteiger partial charge in [-0.25, -0.2) is 14.2 Å². The van der Waals surface area contributed by atoms with Crippen molar-refractivity contribution in [3.63, 3.8) is 0 Å². The molecule has 238 valence electrons. The molecule has 2 heterocycles. The van der Waals surface area contributed by atoms with Gasteiger partial charge in [-0.1, -0.05) is 84.9 Å². The zero-order chi connectivity index (χ0) is 33.0. The minimum Gasteiger partial charge on any atom is -0.454 e. The third-order valence-electron chi connectivity index (χ3n) is 8.57. The second-order valence-corrected chi connectivity index (χ2v) is 11.7. The fraction of sp³-hybridized carbons (Fsp3) is 0.128. The number of fused-ring (bicyclic) bond motifs is 2. The Morgan fingerprint density at radius 3 is 2.42 bits per heavy atom. The van der Waals surface area contributed by atoms with Crippen LogP contribution in [0.3, 0.4) is 0 Å². The van der Waals surface area contributed by atoms with Gasteiger partial charge in [0.1, 0.15) is 11.9 Å². The lowest BCUT2D eigenvalue weighted by atomic mass is 9.97. The number of carbonyl (C=O) groups is 3. The first-order valence-corrected chi connectivity index (χ1v) is 15.6. The molecule has 1 aliphatic heterocycles. The number of para-hydroxylation sites is 1. The fourth-order valence-electron chi connectivity index (χ4n) is 6.07. The highest BCUT2D eigenvalue weighted by atomic mass is 19.1. The molecule has 8 nitrogen and oxygen atoms in total. The summed E-state index contributed by atoms with van der Waals surface area (Å²) < 4.78 is 19.1. The first-order chi connectivity index (χ1) is 23.4. The van der Waals surface area contributed by atoms with Crippen molar-refractivity contribution in [3.05, 3.63) is 156 Å². The molecule has 6 aromatic rings. The first kappa shape index (κ1) is 30.6. The number of benzene rings is 5. The summed E-state index contributed by atoms with van der Waals surface area (Å²) >= 11 is 0. The van der Waals surface area contributed by atoms with E-state index in [0.717, 1.165) is 44.1 Å². The van der Waals surface area contributed by atoms with Crippen molar-refractivity contribution in [1.29, 1.82) is 0 Å². The van der Waals surface area contributed by atoms with Crippen LogP contribution in [-0.4, -0.2) is 46.1 Å². The molecular weight excluding hydrogens is 607 g/mol. The van der Waals surface area contributed by atoms with Crippen LogP contribution in [0.4, 0.5) is 4.39 Å². The highest BCUT2D eigenvalue weighted by molar-refractivity contribution is 6.05. The van der Waals surface area contributed by atoms with E-state index in [1.54, 1.807) is 6.20 Å². The van der Waals surface area contributed by atoms with Gasteiger partial charge >= 0.3 is 5.97 Å². The number of carbonyl (C=O) groups excluding carboxylic acids is 3. The van der Waals surface area contributed by atoms with Gasteiger partial charge < -0.3 is 15.0 Å². The summed E-state index contributed by atoms with van der Waals surface area (Å²) in [5.41, 5.74) is 4.40. The van der Waals surface area contributed by atoms with Gasteiger partial charge in [0.25, 0.3) is 11.8 Å². The number of aromatic nitrogens is 1. The third kappa shape index (κ3) is 6.43. The van der Waals surface area contributed by atoms with E-state index < -0.39 is 36.2 Å². The first-order valence-electron chi connectivity index (χ1n) is 15.6. The van der Waals surface area contributed by atoms with Crippen LogP contribution < -0.4 is 5.32 Å². The highest BCUT2D eigenvalue weighted by Crippen LogP contribution is 2.33. The summed E-state index contributed by atoms with van der Waals surface area (Å²) in [7, 11) is 0. The summed E-state index contributed by atoms with van der Waals surface area (Å²) in [4.78, 5) is 43.6. The quantitative estimate of drug-likeness (QED) is 0.172. The zero-order valence-electron chi connectivity index (χ0n) is 25.8. The zero-order valence-corrected chi connectivity index (χ0v) is 25.8. The lowest BCUT2D eigenvalue weighted by Gasteiger charge is -2.23. The van der Waals surface area contributed by atoms with Crippen LogP contribution in [0.15, 0.2) is 133 Å². The number of rotatable bonds is 9. The lowest BCUT2D eigenvalue weighted by Crippen LogP contribution is -2.44. The second-order valence-electron chi connectivity index (χ2n) is 11.7. The minimum atomic E-state index is -1.13. The van der Waals surface area contributed by atoms with E-state index in [1.807, 2.05) is 91.0 Å². The van der Waals surface area contributed by atoms with Crippen molar-refractivity contribution in [2.24, 2.45) is 5.10 Å². The number of ether oxygens (including phenoxy) is 1. The molecule has 2 atom stereocenters. The lowest BCUT2D eigenvalue weighted by molar-refractivity contribution is -0.154. The van der Waals surface area contributed by atoms with Crippen LogP contribution in [0, 0.1) is 5.82 Å². The van der Waals surface area contributed by atoms with Gasteiger partial charge in [0.05, 0.1) is 11.8 Å². The number of hydrogen-bond acceptors (Lipinski definition) is 5. The Balaban J connectivity index is 1.12. The van der Waals surface area contributed by atoms with Crippen LogP contribution in [0.5, 0.6) is 0 Å². The van der Waals surface area contributed by atoms with E-state index in [4.69, 9.17) is 9.84 Å². The number of H-pyrrole nitrogens is 1. The molecule has 1 aromatic heterocycles. The van der Waals surface area contributed by atoms with Gasteiger partial charge in [0, 0.05) is 35.5 Å². The molecule has 0 fully saturated rings. The Morgan fingerprint density at radius 2 is 1.60 bits per heavy atom. The number of amides is 2. The standard InChI is InChI=1S/C39H31FN4O4/c40-31-18-16-27(17-19-31)38(46)42-35(21-30-23-41-33-13-7-6-12-32(30)33)39(47)48-24-37(45)44-36(26-9-2-1-3-10-26)22-34(43-44)29-15-14-25-8-4-5-11-28(25)20-29/h1-20,23,35-36,41H,21-22,24H2,(H,42,46)/t35-,36-/m0/s1. The summed E-state index contributed by atoms with van der Waals surface area (Å²) in [5, 5.41) is 11.9. The monoisotopic (exact) mass is 638 g/mol. The Bertz CT molecular complexity index is 2160. The number of esters is 1. The van der Waals surface area contributed by atoms with Gasteiger partial charge in [-0.2, -0.15) is 5.10 Å². The smallest absolute Gasteiger partial charge is 0.329 e. The molecule has 0 radical (unpaired) electrons. The van der Waals surface area contributed by atoms with Crippen molar-refractivity contribution < 1.29 is 23.5 Å². The summed E-state index contributed by atoms with van der Waals surface area (Å²) in [5.74, 6) is -2.33. The van der Waals surface area contributed by atoms with Crippen LogP contribution in [-0.2, 0) is 20.7 Å². The molecular formula is C39H31FN4O4. The van der Waals surface area contributed by atoms with Crippen molar-refractivity contribution in [3.8, 4) is 0 Å². The summed E-state index contributed by atoms with van der Waals surface area (Å²) in [6.07, 6.45) is 2.36. The number of hydrogen-bond donors (Lipinski definition) is 2. The van der Waals surface area contributed by atoms with Gasteiger partial charge in [0.2, 0.25) is 0 Å². The van der Waals surface area contributed by atoms with E-state index in [9.17, 15) is 18.8 Å². The molecule has 2 N–H and O–H groups in total. The summed E-state index contributed by atoms with van der Waals surface area (Å²) in [6.45, 7) is -0.576. The number of aromatic amines is 1. The van der Waals surface area contributed by atoms with Gasteiger partial charge in [-0.15, -0.1) is 0 Å². The van der Waals surface area contributed by atoms with Crippen molar-refractivity contribution in [2.75, 3.05) is 6.61 Å². The third-order valence-corrected chi connectivity index (χ3v) is 8.57. The van der Waals surface area contributed by atoms with Crippen molar-refractivity contribution in [2.45, 2.75) is 24.9 Å². The van der Waals surface area contributed by atoms with E-state index in [2.05, 4.69) is 16.4 Å². The number of nitrogens with zero attached hydrogens (tertiary/aromatic N) is 2. The summed E-state index contributed by atoms with van der Waals surface area (Å²) in [6, 6.07) is 34.8. The van der Waals surface area contributed by atoms with Gasteiger partial charge in [-0.3, -0.25) is 9.59 Å². The number of hydrazone groups is 1. The average molecular weight is 639 g/mol. The largest absolute Gasteiger partial charge is 0.454 e. The Morgan fingerprint density at radius 1 is 0.875 bits per heavy atom. The average Bonchev–Trinajstić information content (AvgIpc) is 3.76. The molecule has 7 rings (SSSR count). The van der Waals surface area contributed by atoms with Crippen LogP contribution >= 0.6 is 0 Å². The molecule has 1 aliphatic rings. The van der Waals surface area contributed by atoms with E-state index in [-0.39, 0.29) is 18.0 Å². The Hall–Kier alpha value is -6.09. The predicted octanol–water partition coefficient (Wildman–Crippen LogP) is 6.72. The topological polar surface area (TPSA) is 104 Å². The molecule has 0 saturated carbocycles. The van der Waals surface area contributed by atoms with Crippen LogP contribution in [0.2, 0.25) is 0 Å². The maximum absolute atomic E-state index is 13.7. The predicted molar refractivity (Wildman–Crippen MR) is 182 cm³/mol. The van der Waals surface area contributed by atoms with E-state index >= 15 is 0 Å². The molecule has 5 aromatic carbocycles. The minimum absolute atomic E-state index is 0.102. The molecule has 0 saturated heterocycles. The normalized spacial score (nSPS) is 14.9. The van der Waals surface area contributed by atoms with E-state index in [0.29, 0.717) is 6.42 Å². The second kappa shape index (κ2) is 13.3. The Kier molecular flexibility index (Phi) is 8.49. The number of halogens is 1. The van der Waals surface area contributed by atoms with Crippen molar-refractivity contribution >= 4 is 45.2 Å². The van der Waals surface area contributed by atoms with Gasteiger partial charge in [0.15, 0.2) is 6.61 Å². The maximum Gasteiger partial charge on any atom is 0.329 e. The SMILES string of the molecule is O=C(N[C@@H](Cc1c[nH]c2ccccc12)C(=O)OCC(=O)N1N=C(c2ccc3ccccc3c2)C[C@H]1c1ccccc1)c1ccc(F)cc1. The highest BCUT2D eigenvalue weighted by Gasteiger charge is 2.34. The molecule has 2 amide bonds. The van der Waals surface area contributed by atoms with E-state index in [1.165, 1.54) is 29.3 Å². The molecule has 0 aliphatic carbocycles. The molecule has 0 spiro atoms. The molecule has 0 unspecified atom stereocenters. The molecule has 0 bridgehead atoms. The Labute approximate surface area is 275 Å². The molecule has 48 heavy (non-hydrogen) atoms. The number of nitrogens with one attached hydrogen (secondary N) is 2.